The van der Waals surface area contributed by atoms with Crippen LogP contribution in [0.15, 0.2) is 0 Å². The van der Waals surface area contributed by atoms with E-state index in [9.17, 15) is 13.6 Å². The molecule has 1 rings (SSSR count). The molecular weight excluding hydrogens is 268 g/mol. The molecule has 5 nitrogen and oxygen atoms in total. The molecule has 0 aromatic carbocycles. The lowest BCUT2D eigenvalue weighted by Gasteiger charge is -2.23. The maximum Gasteiger partial charge on any atom is 0.255 e. The van der Waals surface area contributed by atoms with E-state index < -0.39 is 13.0 Å². The van der Waals surface area contributed by atoms with Gasteiger partial charge in [0, 0.05) is 6.54 Å². The zero-order valence-corrected chi connectivity index (χ0v) is 10.4. The molecular formula is C10H12ClF2N3O2. The number of aromatic nitrogens is 2. The van der Waals surface area contributed by atoms with E-state index in [4.69, 9.17) is 16.7 Å². The third kappa shape index (κ3) is 3.58. The molecule has 100 valence electrons. The van der Waals surface area contributed by atoms with Crippen molar-refractivity contribution in [1.29, 1.82) is 0 Å². The van der Waals surface area contributed by atoms with Gasteiger partial charge in [0.25, 0.3) is 6.43 Å². The van der Waals surface area contributed by atoms with Crippen LogP contribution in [0.4, 0.5) is 14.6 Å². The molecule has 0 saturated heterocycles. The third-order valence-electron chi connectivity index (χ3n) is 2.14. The van der Waals surface area contributed by atoms with Gasteiger partial charge >= 0.3 is 0 Å². The number of nitrogens with zero attached hydrogens (tertiary/aromatic N) is 3. The summed E-state index contributed by atoms with van der Waals surface area (Å²) in [4.78, 5) is 19.7. The predicted octanol–water partition coefficient (Wildman–Crippen LogP) is 1.31. The fourth-order valence-electron chi connectivity index (χ4n) is 1.45. The second-order valence-corrected chi connectivity index (χ2v) is 3.84. The first-order chi connectivity index (χ1) is 8.49. The Kier molecular flexibility index (Phi) is 5.36. The molecule has 1 N–H and O–H groups in total. The van der Waals surface area contributed by atoms with Gasteiger partial charge < -0.3 is 10.0 Å². The predicted molar refractivity (Wildman–Crippen MR) is 62.5 cm³/mol. The van der Waals surface area contributed by atoms with Crippen LogP contribution in [-0.4, -0.2) is 47.5 Å². The molecule has 1 heterocycles. The summed E-state index contributed by atoms with van der Waals surface area (Å²) in [5, 5.41) is 8.77. The summed E-state index contributed by atoms with van der Waals surface area (Å²) < 4.78 is 24.9. The van der Waals surface area contributed by atoms with Gasteiger partial charge in [-0.05, 0) is 6.92 Å². The molecule has 1 aromatic rings. The van der Waals surface area contributed by atoms with Gasteiger partial charge in [-0.3, -0.25) is 4.79 Å². The van der Waals surface area contributed by atoms with Gasteiger partial charge in [-0.15, -0.1) is 0 Å². The molecule has 0 saturated carbocycles. The topological polar surface area (TPSA) is 66.3 Å². The summed E-state index contributed by atoms with van der Waals surface area (Å²) in [5.41, 5.74) is -0.0589. The van der Waals surface area contributed by atoms with Crippen molar-refractivity contribution in [2.24, 2.45) is 0 Å². The van der Waals surface area contributed by atoms with Crippen molar-refractivity contribution in [2.75, 3.05) is 24.6 Å². The number of hydrogen-bond donors (Lipinski definition) is 1. The van der Waals surface area contributed by atoms with E-state index >= 15 is 0 Å². The van der Waals surface area contributed by atoms with Gasteiger partial charge in [-0.25, -0.2) is 18.7 Å². The number of rotatable bonds is 6. The lowest BCUT2D eigenvalue weighted by Crippen LogP contribution is -2.33. The average Bonchev–Trinajstić information content (AvgIpc) is 2.27. The fourth-order valence-corrected chi connectivity index (χ4v) is 1.70. The van der Waals surface area contributed by atoms with Gasteiger partial charge in [-0.1, -0.05) is 11.6 Å². The number of anilines is 1. The summed E-state index contributed by atoms with van der Waals surface area (Å²) in [6.45, 7) is 0.474. The monoisotopic (exact) mass is 279 g/mol. The van der Waals surface area contributed by atoms with Crippen molar-refractivity contribution in [3.05, 3.63) is 16.5 Å². The normalized spacial score (nSPS) is 10.8. The van der Waals surface area contributed by atoms with Crippen molar-refractivity contribution >= 4 is 23.7 Å². The Labute approximate surface area is 107 Å². The largest absolute Gasteiger partial charge is 0.395 e. The van der Waals surface area contributed by atoms with Crippen LogP contribution in [-0.2, 0) is 0 Å². The smallest absolute Gasteiger partial charge is 0.255 e. The number of aryl methyl sites for hydroxylation is 1. The fraction of sp³-hybridized carbons (Fsp3) is 0.500. The van der Waals surface area contributed by atoms with Crippen LogP contribution < -0.4 is 4.90 Å². The Bertz CT molecular complexity index is 432. The highest BCUT2D eigenvalue weighted by atomic mass is 35.5. The molecule has 0 radical (unpaired) electrons. The van der Waals surface area contributed by atoms with Crippen LogP contribution in [0.3, 0.4) is 0 Å². The third-order valence-corrected chi connectivity index (χ3v) is 2.42. The summed E-state index contributed by atoms with van der Waals surface area (Å²) in [5.74, 6) is 0.273. The molecule has 0 aliphatic rings. The Morgan fingerprint density at radius 2 is 2.17 bits per heavy atom. The summed E-state index contributed by atoms with van der Waals surface area (Å²) >= 11 is 5.76. The number of hydrogen-bond acceptors (Lipinski definition) is 5. The van der Waals surface area contributed by atoms with Gasteiger partial charge in [0.1, 0.15) is 16.8 Å². The molecule has 0 amide bonds. The van der Waals surface area contributed by atoms with Crippen LogP contribution in [0.25, 0.3) is 0 Å². The first-order valence-electron chi connectivity index (χ1n) is 5.12. The van der Waals surface area contributed by atoms with E-state index in [2.05, 4.69) is 9.97 Å². The van der Waals surface area contributed by atoms with E-state index in [0.717, 1.165) is 4.90 Å². The number of aldehydes is 1. The van der Waals surface area contributed by atoms with E-state index in [-0.39, 0.29) is 35.5 Å². The molecule has 0 spiro atoms. The highest BCUT2D eigenvalue weighted by Crippen LogP contribution is 2.23. The number of halogens is 3. The van der Waals surface area contributed by atoms with Crippen LogP contribution in [0.1, 0.15) is 16.2 Å². The first kappa shape index (κ1) is 14.7. The van der Waals surface area contributed by atoms with Gasteiger partial charge in [0.15, 0.2) is 6.29 Å². The first-order valence-corrected chi connectivity index (χ1v) is 5.50. The highest BCUT2D eigenvalue weighted by molar-refractivity contribution is 6.32. The molecule has 0 aliphatic carbocycles. The Morgan fingerprint density at radius 3 is 2.67 bits per heavy atom. The zero-order valence-electron chi connectivity index (χ0n) is 9.61. The minimum atomic E-state index is -2.62. The van der Waals surface area contributed by atoms with E-state index in [0.29, 0.717) is 6.29 Å². The molecule has 1 aromatic heterocycles. The van der Waals surface area contributed by atoms with Crippen molar-refractivity contribution in [3.63, 3.8) is 0 Å². The van der Waals surface area contributed by atoms with Crippen molar-refractivity contribution in [2.45, 2.75) is 13.3 Å². The van der Waals surface area contributed by atoms with Crippen LogP contribution in [0.5, 0.6) is 0 Å². The van der Waals surface area contributed by atoms with E-state index in [1.807, 2.05) is 0 Å². The van der Waals surface area contributed by atoms with Crippen molar-refractivity contribution < 1.29 is 18.7 Å². The summed E-state index contributed by atoms with van der Waals surface area (Å²) in [7, 11) is 0. The van der Waals surface area contributed by atoms with Crippen LogP contribution in [0, 0.1) is 6.92 Å². The zero-order chi connectivity index (χ0) is 13.7. The second kappa shape index (κ2) is 6.55. The van der Waals surface area contributed by atoms with E-state index in [1.54, 1.807) is 0 Å². The molecule has 0 atom stereocenters. The number of carbonyl (C=O) groups excluding carboxylic acids is 1. The van der Waals surface area contributed by atoms with Crippen molar-refractivity contribution in [3.8, 4) is 0 Å². The molecule has 8 heteroatoms. The summed E-state index contributed by atoms with van der Waals surface area (Å²) in [6, 6.07) is 0. The molecule has 18 heavy (non-hydrogen) atoms. The van der Waals surface area contributed by atoms with Gasteiger partial charge in [0.2, 0.25) is 0 Å². The van der Waals surface area contributed by atoms with Crippen LogP contribution >= 0.6 is 11.6 Å². The average molecular weight is 280 g/mol. The molecule has 0 bridgehead atoms. The minimum Gasteiger partial charge on any atom is -0.395 e. The number of aliphatic hydroxyl groups excluding tert-OH is 1. The Hall–Kier alpha value is -1.34. The van der Waals surface area contributed by atoms with Crippen molar-refractivity contribution in [1.82, 2.24) is 9.97 Å². The van der Waals surface area contributed by atoms with Gasteiger partial charge in [0.05, 0.1) is 18.7 Å². The van der Waals surface area contributed by atoms with Crippen LogP contribution in [0.2, 0.25) is 5.15 Å². The lowest BCUT2D eigenvalue weighted by atomic mass is 10.3. The second-order valence-electron chi connectivity index (χ2n) is 3.48. The molecule has 0 aliphatic heterocycles. The lowest BCUT2D eigenvalue weighted by molar-refractivity contribution is 0.112. The maximum absolute atomic E-state index is 12.4. The SMILES string of the molecule is Cc1nc(Cl)c(C=O)c(N(CCO)CC(F)F)n1. The molecule has 0 unspecified atom stereocenters. The quantitative estimate of drug-likeness (QED) is 0.628. The van der Waals surface area contributed by atoms with Gasteiger partial charge in [-0.2, -0.15) is 0 Å². The number of alkyl halides is 2. The highest BCUT2D eigenvalue weighted by Gasteiger charge is 2.20. The Balaban J connectivity index is 3.20. The minimum absolute atomic E-state index is 0.0110. The standard InChI is InChI=1S/C10H12ClF2N3O2/c1-6-14-9(11)7(5-18)10(15-6)16(2-3-17)4-8(12)13/h5,8,17H,2-4H2,1H3. The number of carbonyl (C=O) groups is 1. The number of aliphatic hydroxyl groups is 1. The molecule has 0 fully saturated rings. The maximum atomic E-state index is 12.4. The summed E-state index contributed by atoms with van der Waals surface area (Å²) in [6.07, 6.45) is -2.21. The Morgan fingerprint density at radius 1 is 1.50 bits per heavy atom. The van der Waals surface area contributed by atoms with E-state index in [1.165, 1.54) is 6.92 Å².